The maximum atomic E-state index is 15.7. The van der Waals surface area contributed by atoms with Crippen molar-refractivity contribution in [3.63, 3.8) is 0 Å². The number of aromatic nitrogens is 4. The molecule has 1 saturated carbocycles. The van der Waals surface area contributed by atoms with Gasteiger partial charge in [0, 0.05) is 48.6 Å². The number of benzene rings is 2. The van der Waals surface area contributed by atoms with E-state index < -0.39 is 38.8 Å². The molecule has 1 aliphatic heterocycles. The SMILES string of the molecule is Cn1nc2nc1C1CC(=CC=C1F)Oc1c(F)cc3[nH]ccc3c1CCS(=O)(=O)CC1(CCCC2(C)c2cccc(CCC(=O)O)c2)CC1. The number of hydrogen-bond donors (Lipinski definition) is 2. The smallest absolute Gasteiger partial charge is 0.303 e. The number of sulfone groups is 1. The van der Waals surface area contributed by atoms with Crippen LogP contribution in [0.5, 0.6) is 5.75 Å². The Bertz CT molecular complexity index is 2110. The number of allylic oxidation sites excluding steroid dienone is 4. The molecule has 9 nitrogen and oxygen atoms in total. The number of hydrogen-bond acceptors (Lipinski definition) is 6. The number of H-pyrrole nitrogens is 1. The van der Waals surface area contributed by atoms with Crippen LogP contribution in [0.2, 0.25) is 0 Å². The van der Waals surface area contributed by atoms with Crippen molar-refractivity contribution in [3.8, 4) is 5.75 Å². The molecule has 2 aromatic carbocycles. The summed E-state index contributed by atoms with van der Waals surface area (Å²) in [6.07, 6.45) is 8.60. The highest BCUT2D eigenvalue weighted by molar-refractivity contribution is 7.91. The zero-order valence-corrected chi connectivity index (χ0v) is 28.5. The maximum Gasteiger partial charge on any atom is 0.303 e. The number of nitrogens with zero attached hydrogens (tertiary/aromatic N) is 3. The number of rotatable bonds is 4. The summed E-state index contributed by atoms with van der Waals surface area (Å²) in [4.78, 5) is 19.3. The lowest BCUT2D eigenvalue weighted by Gasteiger charge is -2.29. The topological polar surface area (TPSA) is 127 Å². The number of fused-ring (bicyclic) bond motifs is 8. The molecule has 49 heavy (non-hydrogen) atoms. The van der Waals surface area contributed by atoms with Crippen molar-refractivity contribution in [3.05, 3.63) is 100 Å². The molecule has 258 valence electrons. The predicted molar refractivity (Wildman–Crippen MR) is 181 cm³/mol. The van der Waals surface area contributed by atoms with E-state index >= 15 is 8.78 Å². The molecule has 1 spiro atoms. The van der Waals surface area contributed by atoms with Crippen molar-refractivity contribution >= 4 is 26.7 Å². The molecule has 4 bridgehead atoms. The lowest BCUT2D eigenvalue weighted by molar-refractivity contribution is -0.136. The van der Waals surface area contributed by atoms with Gasteiger partial charge in [0.05, 0.1) is 22.8 Å². The van der Waals surface area contributed by atoms with Gasteiger partial charge in [0.25, 0.3) is 0 Å². The highest BCUT2D eigenvalue weighted by Crippen LogP contribution is 2.52. The molecule has 0 saturated heterocycles. The van der Waals surface area contributed by atoms with Crippen LogP contribution in [0.4, 0.5) is 8.78 Å². The summed E-state index contributed by atoms with van der Waals surface area (Å²) in [6, 6.07) is 10.9. The van der Waals surface area contributed by atoms with E-state index in [1.807, 2.05) is 31.2 Å². The largest absolute Gasteiger partial charge is 0.481 e. The molecule has 2 aromatic heterocycles. The third-order valence-corrected chi connectivity index (χ3v) is 12.5. The van der Waals surface area contributed by atoms with Crippen LogP contribution < -0.4 is 4.74 Å². The Hall–Kier alpha value is -4.32. The minimum atomic E-state index is -3.52. The molecule has 3 aliphatic rings. The molecule has 3 heterocycles. The molecule has 0 amide bonds. The van der Waals surface area contributed by atoms with Crippen LogP contribution in [0.25, 0.3) is 10.9 Å². The zero-order valence-electron chi connectivity index (χ0n) is 27.6. The van der Waals surface area contributed by atoms with Crippen LogP contribution >= 0.6 is 0 Å². The second-order valence-corrected chi connectivity index (χ2v) is 16.4. The van der Waals surface area contributed by atoms with Crippen molar-refractivity contribution in [2.75, 3.05) is 11.5 Å². The van der Waals surface area contributed by atoms with Gasteiger partial charge in [-0.1, -0.05) is 30.7 Å². The molecule has 1 fully saturated rings. The number of aliphatic carboxylic acids is 1. The molecular formula is C37H40F2N4O5S. The highest BCUT2D eigenvalue weighted by atomic mass is 32.2. The van der Waals surface area contributed by atoms with E-state index in [1.165, 1.54) is 18.2 Å². The van der Waals surface area contributed by atoms with Gasteiger partial charge in [0.1, 0.15) is 17.4 Å². The van der Waals surface area contributed by atoms with Crippen molar-refractivity contribution in [1.29, 1.82) is 0 Å². The Morgan fingerprint density at radius 1 is 1.14 bits per heavy atom. The molecule has 4 aromatic rings. The molecule has 2 atom stereocenters. The average molecular weight is 691 g/mol. The zero-order chi connectivity index (χ0) is 34.6. The fourth-order valence-corrected chi connectivity index (χ4v) is 9.58. The Kier molecular flexibility index (Phi) is 8.49. The van der Waals surface area contributed by atoms with Crippen LogP contribution in [0.3, 0.4) is 0 Å². The van der Waals surface area contributed by atoms with E-state index in [2.05, 4.69) is 4.98 Å². The lowest BCUT2D eigenvalue weighted by atomic mass is 9.76. The van der Waals surface area contributed by atoms with Gasteiger partial charge in [0.15, 0.2) is 27.2 Å². The van der Waals surface area contributed by atoms with Gasteiger partial charge in [0.2, 0.25) is 0 Å². The Balaban J connectivity index is 1.31. The molecule has 2 N–H and O–H groups in total. The molecule has 12 heteroatoms. The molecule has 2 aliphatic carbocycles. The fraction of sp³-hybridized carbons (Fsp3) is 0.432. The van der Waals surface area contributed by atoms with E-state index in [4.69, 9.17) is 14.8 Å². The number of carboxylic acid groups (broad SMARTS) is 1. The van der Waals surface area contributed by atoms with E-state index in [-0.39, 0.29) is 41.9 Å². The summed E-state index contributed by atoms with van der Waals surface area (Å²) in [5, 5.41) is 14.8. The normalized spacial score (nSPS) is 23.5. The number of halogens is 2. The van der Waals surface area contributed by atoms with Gasteiger partial charge in [-0.15, -0.1) is 0 Å². The van der Waals surface area contributed by atoms with Crippen molar-refractivity contribution in [2.45, 2.75) is 76.0 Å². The van der Waals surface area contributed by atoms with Crippen LogP contribution in [0.1, 0.15) is 86.1 Å². The molecule has 7 rings (SSSR count). The van der Waals surface area contributed by atoms with Crippen LogP contribution in [0.15, 0.2) is 66.3 Å². The number of aryl methyl sites for hydroxylation is 3. The van der Waals surface area contributed by atoms with E-state index in [0.29, 0.717) is 59.6 Å². The summed E-state index contributed by atoms with van der Waals surface area (Å²) in [5.74, 6) is -1.70. The van der Waals surface area contributed by atoms with Crippen molar-refractivity contribution in [2.24, 2.45) is 12.5 Å². The Morgan fingerprint density at radius 3 is 2.73 bits per heavy atom. The average Bonchev–Trinajstić information content (AvgIpc) is 3.43. The Labute approximate surface area is 284 Å². The van der Waals surface area contributed by atoms with Crippen molar-refractivity contribution < 1.29 is 31.8 Å². The number of nitrogens with one attached hydrogen (secondary N) is 1. The van der Waals surface area contributed by atoms with Gasteiger partial charge < -0.3 is 14.8 Å². The van der Waals surface area contributed by atoms with Gasteiger partial charge in [-0.3, -0.25) is 9.48 Å². The van der Waals surface area contributed by atoms with Gasteiger partial charge in [-0.05, 0) is 80.2 Å². The first-order valence-electron chi connectivity index (χ1n) is 16.8. The van der Waals surface area contributed by atoms with Crippen LogP contribution in [-0.4, -0.2) is 50.7 Å². The van der Waals surface area contributed by atoms with E-state index in [1.54, 1.807) is 24.0 Å². The fourth-order valence-electron chi connectivity index (χ4n) is 7.56. The molecule has 0 radical (unpaired) electrons. The number of aromatic amines is 1. The Morgan fingerprint density at radius 2 is 1.96 bits per heavy atom. The van der Waals surface area contributed by atoms with E-state index in [0.717, 1.165) is 24.0 Å². The van der Waals surface area contributed by atoms with Crippen LogP contribution in [-0.2, 0) is 39.9 Å². The second kappa shape index (κ2) is 12.5. The molecule has 2 unspecified atom stereocenters. The van der Waals surface area contributed by atoms with Gasteiger partial charge >= 0.3 is 5.97 Å². The number of ether oxygens (including phenoxy) is 1. The second-order valence-electron chi connectivity index (χ2n) is 14.2. The summed E-state index contributed by atoms with van der Waals surface area (Å²) in [6.45, 7) is 2.04. The summed E-state index contributed by atoms with van der Waals surface area (Å²) in [5.41, 5.74) is 1.73. The number of carbonyl (C=O) groups is 1. The number of carboxylic acids is 1. The quantitative estimate of drug-likeness (QED) is 0.237. The van der Waals surface area contributed by atoms with Crippen LogP contribution in [0, 0.1) is 11.2 Å². The lowest BCUT2D eigenvalue weighted by Crippen LogP contribution is -2.27. The first-order valence-corrected chi connectivity index (χ1v) is 18.6. The molecular weight excluding hydrogens is 650 g/mol. The summed E-state index contributed by atoms with van der Waals surface area (Å²) >= 11 is 0. The third kappa shape index (κ3) is 6.67. The van der Waals surface area contributed by atoms with E-state index in [9.17, 15) is 18.3 Å². The highest BCUT2D eigenvalue weighted by Gasteiger charge is 2.46. The summed E-state index contributed by atoms with van der Waals surface area (Å²) < 4.78 is 66.4. The minimum Gasteiger partial charge on any atom is -0.481 e. The maximum absolute atomic E-state index is 15.7. The van der Waals surface area contributed by atoms with Gasteiger partial charge in [-0.2, -0.15) is 5.10 Å². The van der Waals surface area contributed by atoms with Crippen molar-refractivity contribution in [1.82, 2.24) is 19.7 Å². The standard InChI is InChI=1S/C37H40F2N4O5S/c1-36(24-6-3-5-23(19-24)7-10-32(44)45)13-4-14-37(15-16-37)22-49(46,47)18-12-27-26-11-17-40-31(26)21-30(39)33(27)48-25-8-9-29(38)28(20-25)34-41-35(36)42-43(34)2/h3,5-6,8-9,11,17,19,21,28,40H,4,7,10,12-16,18,20,22H2,1-2H3,(H,44,45). The summed E-state index contributed by atoms with van der Waals surface area (Å²) in [7, 11) is -1.79. The first kappa shape index (κ1) is 33.2. The third-order valence-electron chi connectivity index (χ3n) is 10.6. The van der Waals surface area contributed by atoms with Gasteiger partial charge in [-0.25, -0.2) is 22.2 Å². The first-order chi connectivity index (χ1) is 23.3. The minimum absolute atomic E-state index is 0.00119. The monoisotopic (exact) mass is 690 g/mol. The predicted octanol–water partition coefficient (Wildman–Crippen LogP) is 6.98.